The minimum atomic E-state index is 0.0229. The molecule has 0 bridgehead atoms. The first-order valence-corrected chi connectivity index (χ1v) is 11.1. The van der Waals surface area contributed by atoms with E-state index in [1.807, 2.05) is 29.3 Å². The number of amides is 2. The van der Waals surface area contributed by atoms with Crippen LogP contribution in [0.5, 0.6) is 0 Å². The lowest BCUT2D eigenvalue weighted by molar-refractivity contribution is -0.122. The number of ether oxygens (including phenoxy) is 1. The number of carbonyl (C=O) groups is 2. The number of methoxy groups -OCH3 is 1. The molecule has 1 N–H and O–H groups in total. The van der Waals surface area contributed by atoms with E-state index >= 15 is 0 Å². The van der Waals surface area contributed by atoms with Gasteiger partial charge in [0.2, 0.25) is 5.91 Å². The maximum atomic E-state index is 12.9. The Morgan fingerprint density at radius 3 is 2.75 bits per heavy atom. The summed E-state index contributed by atoms with van der Waals surface area (Å²) in [7, 11) is 1.65. The SMILES string of the molecule is COCCCNC(=O)CN1CCN(C(=O)c2sc(-c3cccs3)nc2C)CC1. The Bertz CT molecular complexity index is 783. The molecule has 2 amide bonds. The third kappa shape index (κ3) is 5.38. The molecule has 0 radical (unpaired) electrons. The molecule has 7 nitrogen and oxygen atoms in total. The molecule has 0 saturated carbocycles. The third-order valence-electron chi connectivity index (χ3n) is 4.60. The van der Waals surface area contributed by atoms with E-state index in [2.05, 4.69) is 15.2 Å². The smallest absolute Gasteiger partial charge is 0.265 e. The number of hydrogen-bond donors (Lipinski definition) is 1. The zero-order valence-corrected chi connectivity index (χ0v) is 17.9. The zero-order valence-electron chi connectivity index (χ0n) is 16.3. The molecule has 2 aromatic rings. The van der Waals surface area contributed by atoms with Crippen LogP contribution < -0.4 is 5.32 Å². The van der Waals surface area contributed by atoms with Crippen LogP contribution in [0.25, 0.3) is 9.88 Å². The number of carbonyl (C=O) groups excluding carboxylic acids is 2. The van der Waals surface area contributed by atoms with Gasteiger partial charge in [0.15, 0.2) is 0 Å². The Morgan fingerprint density at radius 2 is 2.07 bits per heavy atom. The molecule has 9 heteroatoms. The highest BCUT2D eigenvalue weighted by Gasteiger charge is 2.26. The number of nitrogens with one attached hydrogen (secondary N) is 1. The van der Waals surface area contributed by atoms with Crippen molar-refractivity contribution in [1.82, 2.24) is 20.1 Å². The van der Waals surface area contributed by atoms with E-state index in [-0.39, 0.29) is 11.8 Å². The van der Waals surface area contributed by atoms with Gasteiger partial charge in [0.25, 0.3) is 5.91 Å². The van der Waals surface area contributed by atoms with Crippen LogP contribution in [0.1, 0.15) is 21.8 Å². The van der Waals surface area contributed by atoms with Gasteiger partial charge < -0.3 is 15.0 Å². The van der Waals surface area contributed by atoms with E-state index in [1.54, 1.807) is 18.4 Å². The molecule has 1 aliphatic heterocycles. The summed E-state index contributed by atoms with van der Waals surface area (Å²) in [6.07, 6.45) is 0.812. The fraction of sp³-hybridized carbons (Fsp3) is 0.526. The summed E-state index contributed by atoms with van der Waals surface area (Å²) >= 11 is 3.09. The number of aromatic nitrogens is 1. The lowest BCUT2D eigenvalue weighted by Gasteiger charge is -2.34. The van der Waals surface area contributed by atoms with E-state index in [0.29, 0.717) is 50.8 Å². The molecular formula is C19H26N4O3S2. The lowest BCUT2D eigenvalue weighted by atomic mass is 10.2. The fourth-order valence-electron chi connectivity index (χ4n) is 3.06. The Labute approximate surface area is 173 Å². The second-order valence-corrected chi connectivity index (χ2v) is 8.62. The summed E-state index contributed by atoms with van der Waals surface area (Å²) in [4.78, 5) is 35.3. The maximum absolute atomic E-state index is 12.9. The summed E-state index contributed by atoms with van der Waals surface area (Å²) in [6.45, 7) is 6.19. The Hall–Kier alpha value is -1.81. The topological polar surface area (TPSA) is 74.8 Å². The Kier molecular flexibility index (Phi) is 7.55. The van der Waals surface area contributed by atoms with Crippen molar-refractivity contribution in [3.05, 3.63) is 28.1 Å². The minimum Gasteiger partial charge on any atom is -0.385 e. The first kappa shape index (κ1) is 20.9. The standard InChI is InChI=1S/C19H26N4O3S2/c1-14-17(28-18(21-14)15-5-3-12-27-15)19(25)23-9-7-22(8-10-23)13-16(24)20-6-4-11-26-2/h3,5,12H,4,6-11,13H2,1-2H3,(H,20,24). The predicted molar refractivity (Wildman–Crippen MR) is 112 cm³/mol. The van der Waals surface area contributed by atoms with Crippen LogP contribution in [0.3, 0.4) is 0 Å². The van der Waals surface area contributed by atoms with Crippen LogP contribution in [-0.2, 0) is 9.53 Å². The summed E-state index contributed by atoms with van der Waals surface area (Å²) in [5.41, 5.74) is 0.788. The number of thiophene rings is 1. The van der Waals surface area contributed by atoms with Gasteiger partial charge in [0, 0.05) is 46.4 Å². The molecular weight excluding hydrogens is 396 g/mol. The monoisotopic (exact) mass is 422 g/mol. The first-order valence-electron chi connectivity index (χ1n) is 9.37. The van der Waals surface area contributed by atoms with Gasteiger partial charge in [-0.2, -0.15) is 0 Å². The quantitative estimate of drug-likeness (QED) is 0.660. The largest absolute Gasteiger partial charge is 0.385 e. The predicted octanol–water partition coefficient (Wildman–Crippen LogP) is 2.09. The number of piperazine rings is 1. The molecule has 1 saturated heterocycles. The number of nitrogens with zero attached hydrogens (tertiary/aromatic N) is 3. The van der Waals surface area contributed by atoms with Crippen LogP contribution in [0.2, 0.25) is 0 Å². The van der Waals surface area contributed by atoms with Gasteiger partial charge in [-0.15, -0.1) is 22.7 Å². The number of thiazole rings is 1. The number of aryl methyl sites for hydroxylation is 1. The summed E-state index contributed by atoms with van der Waals surface area (Å²) < 4.78 is 4.97. The van der Waals surface area contributed by atoms with Crippen LogP contribution in [0, 0.1) is 6.92 Å². The van der Waals surface area contributed by atoms with E-state index in [1.165, 1.54) is 11.3 Å². The van der Waals surface area contributed by atoms with E-state index < -0.39 is 0 Å². The third-order valence-corrected chi connectivity index (χ3v) is 6.78. The highest BCUT2D eigenvalue weighted by molar-refractivity contribution is 7.22. The number of rotatable bonds is 8. The van der Waals surface area contributed by atoms with Crippen molar-refractivity contribution in [2.45, 2.75) is 13.3 Å². The van der Waals surface area contributed by atoms with Crippen molar-refractivity contribution in [3.8, 4) is 9.88 Å². The molecule has 28 heavy (non-hydrogen) atoms. The van der Waals surface area contributed by atoms with Crippen molar-refractivity contribution in [1.29, 1.82) is 0 Å². The van der Waals surface area contributed by atoms with Crippen molar-refractivity contribution < 1.29 is 14.3 Å². The summed E-state index contributed by atoms with van der Waals surface area (Å²) in [5, 5.41) is 5.82. The van der Waals surface area contributed by atoms with Gasteiger partial charge in [0.1, 0.15) is 9.88 Å². The molecule has 0 aromatic carbocycles. The highest BCUT2D eigenvalue weighted by Crippen LogP contribution is 2.31. The van der Waals surface area contributed by atoms with Gasteiger partial charge in [-0.1, -0.05) is 6.07 Å². The second-order valence-electron chi connectivity index (χ2n) is 6.68. The summed E-state index contributed by atoms with van der Waals surface area (Å²) in [6, 6.07) is 4.02. The first-order chi connectivity index (χ1) is 13.6. The van der Waals surface area contributed by atoms with E-state index in [0.717, 1.165) is 22.0 Å². The number of hydrogen-bond acceptors (Lipinski definition) is 7. The fourth-order valence-corrected chi connectivity index (χ4v) is 4.89. The average molecular weight is 423 g/mol. The van der Waals surface area contributed by atoms with Gasteiger partial charge in [-0.3, -0.25) is 14.5 Å². The summed E-state index contributed by atoms with van der Waals surface area (Å²) in [5.74, 6) is 0.0660. The lowest BCUT2D eigenvalue weighted by Crippen LogP contribution is -2.51. The maximum Gasteiger partial charge on any atom is 0.265 e. The van der Waals surface area contributed by atoms with Gasteiger partial charge in [-0.25, -0.2) is 4.98 Å². The van der Waals surface area contributed by atoms with Crippen molar-refractivity contribution in [2.24, 2.45) is 0 Å². The molecule has 0 spiro atoms. The van der Waals surface area contributed by atoms with Gasteiger partial charge in [-0.05, 0) is 24.8 Å². The normalized spacial score (nSPS) is 15.0. The van der Waals surface area contributed by atoms with Crippen LogP contribution >= 0.6 is 22.7 Å². The molecule has 1 aliphatic rings. The molecule has 3 rings (SSSR count). The van der Waals surface area contributed by atoms with Crippen LogP contribution in [0.15, 0.2) is 17.5 Å². The molecule has 152 valence electrons. The average Bonchev–Trinajstić information content (AvgIpc) is 3.35. The van der Waals surface area contributed by atoms with Gasteiger partial charge in [0.05, 0.1) is 17.1 Å². The van der Waals surface area contributed by atoms with Crippen LogP contribution in [-0.4, -0.2) is 79.6 Å². The molecule has 0 unspecified atom stereocenters. The molecule has 3 heterocycles. The van der Waals surface area contributed by atoms with Gasteiger partial charge >= 0.3 is 0 Å². The second kappa shape index (κ2) is 10.1. The zero-order chi connectivity index (χ0) is 19.9. The van der Waals surface area contributed by atoms with E-state index in [4.69, 9.17) is 4.74 Å². The van der Waals surface area contributed by atoms with Crippen molar-refractivity contribution in [3.63, 3.8) is 0 Å². The molecule has 0 atom stereocenters. The molecule has 2 aromatic heterocycles. The highest BCUT2D eigenvalue weighted by atomic mass is 32.1. The molecule has 0 aliphatic carbocycles. The van der Waals surface area contributed by atoms with Crippen molar-refractivity contribution in [2.75, 3.05) is 53.0 Å². The minimum absolute atomic E-state index is 0.0229. The Balaban J connectivity index is 1.48. The Morgan fingerprint density at radius 1 is 1.29 bits per heavy atom. The molecule has 1 fully saturated rings. The van der Waals surface area contributed by atoms with E-state index in [9.17, 15) is 9.59 Å². The van der Waals surface area contributed by atoms with Crippen LogP contribution in [0.4, 0.5) is 0 Å². The van der Waals surface area contributed by atoms with Crippen molar-refractivity contribution >= 4 is 34.5 Å².